The van der Waals surface area contributed by atoms with Gasteiger partial charge in [0.15, 0.2) is 0 Å². The minimum absolute atomic E-state index is 0.0598. The second-order valence-electron chi connectivity index (χ2n) is 5.01. The lowest BCUT2D eigenvalue weighted by molar-refractivity contribution is -0.124. The van der Waals surface area contributed by atoms with Gasteiger partial charge in [0.25, 0.3) is 0 Å². The van der Waals surface area contributed by atoms with Crippen LogP contribution in [0.15, 0.2) is 30.3 Å². The predicted molar refractivity (Wildman–Crippen MR) is 81.0 cm³/mol. The zero-order valence-corrected chi connectivity index (χ0v) is 13.4. The van der Waals surface area contributed by atoms with E-state index < -0.39 is 27.2 Å². The summed E-state index contributed by atoms with van der Waals surface area (Å²) in [5.41, 5.74) is 0.257. The fourth-order valence-corrected chi connectivity index (χ4v) is 4.37. The summed E-state index contributed by atoms with van der Waals surface area (Å²) in [6.45, 7) is 3.58. The number of hydrogen-bond donors (Lipinski definition) is 1. The summed E-state index contributed by atoms with van der Waals surface area (Å²) in [4.78, 5) is 0. The van der Waals surface area contributed by atoms with Gasteiger partial charge >= 0.3 is 6.18 Å². The van der Waals surface area contributed by atoms with E-state index in [0.29, 0.717) is 11.8 Å². The van der Waals surface area contributed by atoms with Gasteiger partial charge in [0.05, 0.1) is 5.75 Å². The Morgan fingerprint density at radius 1 is 1.19 bits per heavy atom. The van der Waals surface area contributed by atoms with Gasteiger partial charge in [-0.1, -0.05) is 32.0 Å². The Labute approximate surface area is 127 Å². The highest BCUT2D eigenvalue weighted by Gasteiger charge is 2.42. The van der Waals surface area contributed by atoms with Crippen LogP contribution >= 0.6 is 11.8 Å². The molecule has 21 heavy (non-hydrogen) atoms. The van der Waals surface area contributed by atoms with Crippen LogP contribution < -0.4 is 4.72 Å². The molecule has 8 heteroatoms. The summed E-state index contributed by atoms with van der Waals surface area (Å²) < 4.78 is 64.7. The van der Waals surface area contributed by atoms with Crippen LogP contribution in [0.3, 0.4) is 0 Å². The number of halogens is 3. The van der Waals surface area contributed by atoms with Crippen LogP contribution in [-0.2, 0) is 10.0 Å². The molecule has 1 unspecified atom stereocenters. The third-order valence-electron chi connectivity index (χ3n) is 2.41. The van der Waals surface area contributed by atoms with Gasteiger partial charge in [-0.3, -0.25) is 4.72 Å². The summed E-state index contributed by atoms with van der Waals surface area (Å²) in [7, 11) is -4.06. The lowest BCUT2D eigenvalue weighted by Gasteiger charge is -2.21. The number of thioether (sulfide) groups is 1. The normalized spacial score (nSPS) is 14.2. The summed E-state index contributed by atoms with van der Waals surface area (Å²) >= 11 is 0.630. The first-order chi connectivity index (χ1) is 9.60. The molecule has 1 aromatic rings. The molecule has 1 atom stereocenters. The molecule has 1 aromatic carbocycles. The van der Waals surface area contributed by atoms with E-state index in [-0.39, 0.29) is 17.4 Å². The fraction of sp³-hybridized carbons (Fsp3) is 0.538. The van der Waals surface area contributed by atoms with E-state index in [4.69, 9.17) is 0 Å². The van der Waals surface area contributed by atoms with Gasteiger partial charge in [0.2, 0.25) is 10.0 Å². The molecule has 120 valence electrons. The SMILES string of the molecule is CC(C)CSC(CS(=O)(=O)Nc1ccccc1)C(F)(F)F. The summed E-state index contributed by atoms with van der Waals surface area (Å²) in [5, 5.41) is -1.93. The molecule has 0 bridgehead atoms. The van der Waals surface area contributed by atoms with Crippen molar-refractivity contribution in [1.82, 2.24) is 0 Å². The van der Waals surface area contributed by atoms with Gasteiger partial charge in [-0.2, -0.15) is 13.2 Å². The second-order valence-corrected chi connectivity index (χ2v) is 8.01. The summed E-state index contributed by atoms with van der Waals surface area (Å²) in [6, 6.07) is 7.87. The fourth-order valence-electron chi connectivity index (χ4n) is 1.47. The van der Waals surface area contributed by atoms with Crippen molar-refractivity contribution >= 4 is 27.5 Å². The zero-order valence-electron chi connectivity index (χ0n) is 11.7. The Morgan fingerprint density at radius 3 is 2.24 bits per heavy atom. The van der Waals surface area contributed by atoms with Crippen LogP contribution in [0.1, 0.15) is 13.8 Å². The van der Waals surface area contributed by atoms with Crippen LogP contribution in [0.2, 0.25) is 0 Å². The van der Waals surface area contributed by atoms with Crippen molar-refractivity contribution < 1.29 is 21.6 Å². The Hall–Kier alpha value is -0.890. The number of alkyl halides is 3. The van der Waals surface area contributed by atoms with Crippen molar-refractivity contribution in [1.29, 1.82) is 0 Å². The van der Waals surface area contributed by atoms with E-state index in [0.717, 1.165) is 0 Å². The van der Waals surface area contributed by atoms with Crippen molar-refractivity contribution in [3.8, 4) is 0 Å². The molecule has 0 fully saturated rings. The number of hydrogen-bond acceptors (Lipinski definition) is 3. The Balaban J connectivity index is 2.77. The molecule has 1 N–H and O–H groups in total. The smallest absolute Gasteiger partial charge is 0.284 e. The van der Waals surface area contributed by atoms with Gasteiger partial charge < -0.3 is 0 Å². The number of anilines is 1. The maximum Gasteiger partial charge on any atom is 0.401 e. The number of sulfonamides is 1. The Morgan fingerprint density at radius 2 is 1.76 bits per heavy atom. The molecule has 1 rings (SSSR count). The summed E-state index contributed by atoms with van der Waals surface area (Å²) in [6.07, 6.45) is -4.55. The van der Waals surface area contributed by atoms with E-state index in [2.05, 4.69) is 4.72 Å². The van der Waals surface area contributed by atoms with Crippen molar-refractivity contribution in [3.63, 3.8) is 0 Å². The van der Waals surface area contributed by atoms with Crippen LogP contribution in [0.4, 0.5) is 18.9 Å². The van der Waals surface area contributed by atoms with Crippen molar-refractivity contribution in [3.05, 3.63) is 30.3 Å². The van der Waals surface area contributed by atoms with Gasteiger partial charge in [-0.15, -0.1) is 11.8 Å². The van der Waals surface area contributed by atoms with E-state index in [1.165, 1.54) is 12.1 Å². The third kappa shape index (κ3) is 7.08. The highest BCUT2D eigenvalue weighted by atomic mass is 32.2. The average molecular weight is 341 g/mol. The second kappa shape index (κ2) is 7.40. The lowest BCUT2D eigenvalue weighted by atomic mass is 10.3. The number of benzene rings is 1. The topological polar surface area (TPSA) is 46.2 Å². The molecule has 0 aliphatic rings. The molecule has 0 heterocycles. The van der Waals surface area contributed by atoms with Crippen molar-refractivity contribution in [2.75, 3.05) is 16.2 Å². The van der Waals surface area contributed by atoms with Crippen molar-refractivity contribution in [2.45, 2.75) is 25.3 Å². The van der Waals surface area contributed by atoms with E-state index in [1.54, 1.807) is 32.0 Å². The largest absolute Gasteiger partial charge is 0.401 e. The molecule has 0 saturated carbocycles. The zero-order chi connectivity index (χ0) is 16.1. The molecule has 0 aromatic heterocycles. The average Bonchev–Trinajstić information content (AvgIpc) is 2.33. The number of para-hydroxylation sites is 1. The molecule has 0 aliphatic heterocycles. The van der Waals surface area contributed by atoms with Crippen molar-refractivity contribution in [2.24, 2.45) is 5.92 Å². The standard InChI is InChI=1S/C13H18F3NO2S2/c1-10(2)8-20-12(13(14,15)16)9-21(18,19)17-11-6-4-3-5-7-11/h3-7,10,12,17H,8-9H2,1-2H3. The molecule has 0 spiro atoms. The van der Waals surface area contributed by atoms with Gasteiger partial charge in [0.1, 0.15) is 5.25 Å². The quantitative estimate of drug-likeness (QED) is 0.822. The van der Waals surface area contributed by atoms with Crippen LogP contribution in [0.5, 0.6) is 0 Å². The minimum Gasteiger partial charge on any atom is -0.284 e. The molecule has 0 radical (unpaired) electrons. The monoisotopic (exact) mass is 341 g/mol. The van der Waals surface area contributed by atoms with E-state index in [9.17, 15) is 21.6 Å². The maximum absolute atomic E-state index is 12.9. The van der Waals surface area contributed by atoms with Crippen LogP contribution in [-0.4, -0.2) is 31.3 Å². The molecule has 0 aliphatic carbocycles. The molecule has 0 saturated heterocycles. The maximum atomic E-state index is 12.9. The first kappa shape index (κ1) is 18.2. The predicted octanol–water partition coefficient (Wildman–Crippen LogP) is 3.75. The first-order valence-corrected chi connectivity index (χ1v) is 9.04. The Kier molecular flexibility index (Phi) is 6.40. The van der Waals surface area contributed by atoms with Gasteiger partial charge in [-0.25, -0.2) is 8.42 Å². The molecule has 3 nitrogen and oxygen atoms in total. The summed E-state index contributed by atoms with van der Waals surface area (Å²) in [5.74, 6) is -0.669. The third-order valence-corrected chi connectivity index (χ3v) is 5.64. The van der Waals surface area contributed by atoms with Gasteiger partial charge in [0, 0.05) is 5.69 Å². The van der Waals surface area contributed by atoms with E-state index >= 15 is 0 Å². The minimum atomic E-state index is -4.55. The lowest BCUT2D eigenvalue weighted by Crippen LogP contribution is -2.35. The van der Waals surface area contributed by atoms with Crippen LogP contribution in [0.25, 0.3) is 0 Å². The molecular weight excluding hydrogens is 323 g/mol. The highest BCUT2D eigenvalue weighted by Crippen LogP contribution is 2.32. The van der Waals surface area contributed by atoms with Crippen LogP contribution in [0, 0.1) is 5.92 Å². The van der Waals surface area contributed by atoms with Gasteiger partial charge in [-0.05, 0) is 23.8 Å². The van der Waals surface area contributed by atoms with E-state index in [1.807, 2.05) is 0 Å². The first-order valence-electron chi connectivity index (χ1n) is 6.34. The Bertz CT molecular complexity index is 530. The number of rotatable bonds is 7. The number of nitrogens with one attached hydrogen (secondary N) is 1. The highest BCUT2D eigenvalue weighted by molar-refractivity contribution is 8.01. The molecule has 0 amide bonds. The molecular formula is C13H18F3NO2S2.